The number of aromatic nitrogens is 4. The molecule has 23 heteroatoms. The number of nitrogen functional groups attached to an aromatic ring is 1. The zero-order valence-corrected chi connectivity index (χ0v) is 30.9. The number of guanidine groups is 1. The van der Waals surface area contributed by atoms with E-state index >= 15 is 0 Å². The van der Waals surface area contributed by atoms with Gasteiger partial charge in [0.2, 0.25) is 5.96 Å². The number of carbonyl (C=O) groups is 1. The van der Waals surface area contributed by atoms with Crippen molar-refractivity contribution in [3.63, 3.8) is 0 Å². The third-order valence-corrected chi connectivity index (χ3v) is 7.56. The van der Waals surface area contributed by atoms with E-state index in [2.05, 4.69) is 35.3 Å². The monoisotopic (exact) mass is 876 g/mol. The Labute approximate surface area is 335 Å². The number of alkyl halides is 9. The minimum Gasteiger partial charge on any atom is -0.406 e. The van der Waals surface area contributed by atoms with Gasteiger partial charge >= 0.3 is 18.9 Å². The zero-order valence-electron chi connectivity index (χ0n) is 29.4. The standard InChI is InChI=1S/C25H14Cl2F7N5O2.C11H10F3N3O/c26-14-4-1-3-13(7-14)22(40)37-23(35-17-9-15(27)8-16(28)10-17)36-21-12-20(24(29,30)31)38-39(21)18-5-2-6-19(11-18)41-25(32,33)34;1-7-5-10(15)17(16-7)8-3-2-4-9(6-8)18-11(12,13)14/h1-12H,(H2,35,36,37,40);2-6H,15H2,1H3. The lowest BCUT2D eigenvalue weighted by Gasteiger charge is -2.13. The molecule has 0 aliphatic carbocycles. The number of nitrogens with one attached hydrogen (secondary N) is 2. The molecule has 0 saturated heterocycles. The second-order valence-electron chi connectivity index (χ2n) is 11.7. The van der Waals surface area contributed by atoms with Crippen molar-refractivity contribution < 1.29 is 58.2 Å². The van der Waals surface area contributed by atoms with Gasteiger partial charge < -0.3 is 20.5 Å². The maximum atomic E-state index is 14.0. The van der Waals surface area contributed by atoms with Crippen LogP contribution in [0.2, 0.25) is 10.0 Å². The van der Waals surface area contributed by atoms with Crippen LogP contribution in [0.15, 0.2) is 108 Å². The van der Waals surface area contributed by atoms with E-state index < -0.39 is 53.8 Å². The van der Waals surface area contributed by atoms with Gasteiger partial charge in [0.25, 0.3) is 5.91 Å². The molecule has 0 bridgehead atoms. The van der Waals surface area contributed by atoms with Crippen LogP contribution >= 0.6 is 23.2 Å². The van der Waals surface area contributed by atoms with Crippen molar-refractivity contribution in [2.45, 2.75) is 25.8 Å². The Hall–Kier alpha value is -6.48. The summed E-state index contributed by atoms with van der Waals surface area (Å²) in [5.41, 5.74) is 5.00. The number of carbonyl (C=O) groups excluding carboxylic acids is 1. The van der Waals surface area contributed by atoms with Crippen LogP contribution in [0.4, 0.5) is 61.2 Å². The van der Waals surface area contributed by atoms with Crippen LogP contribution in [0.3, 0.4) is 0 Å². The second kappa shape index (κ2) is 17.6. The summed E-state index contributed by atoms with van der Waals surface area (Å²) in [5.74, 6) is -3.41. The lowest BCUT2D eigenvalue weighted by molar-refractivity contribution is -0.275. The lowest BCUT2D eigenvalue weighted by atomic mass is 10.2. The first-order chi connectivity index (χ1) is 27.5. The number of halogens is 12. The van der Waals surface area contributed by atoms with E-state index in [1.54, 1.807) is 19.1 Å². The van der Waals surface area contributed by atoms with Crippen molar-refractivity contribution in [2.24, 2.45) is 4.99 Å². The van der Waals surface area contributed by atoms with Crippen LogP contribution in [0.25, 0.3) is 11.4 Å². The maximum absolute atomic E-state index is 14.0. The minimum absolute atomic E-state index is 0.0331. The highest BCUT2D eigenvalue weighted by Gasteiger charge is 2.36. The highest BCUT2D eigenvalue weighted by molar-refractivity contribution is 6.31. The molecule has 2 heterocycles. The van der Waals surface area contributed by atoms with Crippen LogP contribution in [0, 0.1) is 12.7 Å². The van der Waals surface area contributed by atoms with Gasteiger partial charge in [-0.2, -0.15) is 28.4 Å². The smallest absolute Gasteiger partial charge is 0.406 e. The molecule has 4 aromatic carbocycles. The van der Waals surface area contributed by atoms with Gasteiger partial charge in [0.1, 0.15) is 23.1 Å². The molecule has 0 aliphatic rings. The number of hydrogen-bond acceptors (Lipinski definition) is 7. The number of amides is 1. The van der Waals surface area contributed by atoms with E-state index in [0.29, 0.717) is 27.9 Å². The summed E-state index contributed by atoms with van der Waals surface area (Å²) in [7, 11) is 0. The molecule has 310 valence electrons. The Morgan fingerprint density at radius 3 is 1.85 bits per heavy atom. The van der Waals surface area contributed by atoms with E-state index in [-0.39, 0.29) is 32.7 Å². The van der Waals surface area contributed by atoms with Gasteiger partial charge in [-0.05, 0) is 67.6 Å². The Balaban J connectivity index is 0.000000305. The van der Waals surface area contributed by atoms with E-state index in [0.717, 1.165) is 36.4 Å². The molecule has 11 nitrogen and oxygen atoms in total. The minimum atomic E-state index is -5.07. The van der Waals surface area contributed by atoms with Crippen molar-refractivity contribution in [1.29, 1.82) is 0 Å². The summed E-state index contributed by atoms with van der Waals surface area (Å²) in [6.07, 6.45) is -14.8. The SMILES string of the molecule is Cc1cc(N)n(-c2cccc(OC(F)(F)F)c2)n1.O=C(NC(=Nc1cc(C(F)(F)F)nn1-c1cccc(OC(F)(F)F)c1)Nc1cc(F)cc(Cl)c1)c1cccc(Cl)c1. The predicted molar refractivity (Wildman–Crippen MR) is 196 cm³/mol. The van der Waals surface area contributed by atoms with Crippen LogP contribution in [-0.4, -0.2) is 44.2 Å². The number of aliphatic imine (C=N–C) groups is 1. The first-order valence-corrected chi connectivity index (χ1v) is 16.9. The normalized spacial score (nSPS) is 12.1. The lowest BCUT2D eigenvalue weighted by Crippen LogP contribution is -2.36. The Morgan fingerprint density at radius 2 is 1.32 bits per heavy atom. The number of aryl methyl sites for hydroxylation is 1. The molecule has 2 aromatic heterocycles. The number of rotatable bonds is 7. The largest absolute Gasteiger partial charge is 0.573 e. The quantitative estimate of drug-likeness (QED) is 0.0826. The van der Waals surface area contributed by atoms with Gasteiger partial charge in [0.05, 0.1) is 17.1 Å². The summed E-state index contributed by atoms with van der Waals surface area (Å²) >= 11 is 11.8. The molecule has 0 radical (unpaired) electrons. The van der Waals surface area contributed by atoms with E-state index in [1.165, 1.54) is 53.2 Å². The number of benzene rings is 4. The molecular formula is C36H24Cl2F10N8O3. The van der Waals surface area contributed by atoms with Gasteiger partial charge in [-0.3, -0.25) is 10.1 Å². The fraction of sp³-hybridized carbons (Fsp3) is 0.111. The number of nitrogens with two attached hydrogens (primary N) is 1. The van der Waals surface area contributed by atoms with Gasteiger partial charge in [-0.25, -0.2) is 13.8 Å². The highest BCUT2D eigenvalue weighted by atomic mass is 35.5. The molecule has 59 heavy (non-hydrogen) atoms. The van der Waals surface area contributed by atoms with Crippen molar-refractivity contribution in [2.75, 3.05) is 11.1 Å². The average Bonchev–Trinajstić information content (AvgIpc) is 3.69. The van der Waals surface area contributed by atoms with Crippen molar-refractivity contribution in [1.82, 2.24) is 24.9 Å². The Kier molecular flexibility index (Phi) is 13.0. The van der Waals surface area contributed by atoms with Crippen molar-refractivity contribution in [3.8, 4) is 22.9 Å². The Bertz CT molecular complexity index is 2460. The summed E-state index contributed by atoms with van der Waals surface area (Å²) < 4.78 is 139. The summed E-state index contributed by atoms with van der Waals surface area (Å²) in [6, 6.07) is 20.3. The second-order valence-corrected chi connectivity index (χ2v) is 12.6. The average molecular weight is 878 g/mol. The van der Waals surface area contributed by atoms with Gasteiger partial charge in [-0.15, -0.1) is 26.3 Å². The van der Waals surface area contributed by atoms with Gasteiger partial charge in [0, 0.05) is 45.6 Å². The topological polar surface area (TPSA) is 134 Å². The van der Waals surface area contributed by atoms with Crippen LogP contribution in [0.1, 0.15) is 21.7 Å². The van der Waals surface area contributed by atoms with Crippen LogP contribution in [0.5, 0.6) is 11.5 Å². The highest BCUT2D eigenvalue weighted by Crippen LogP contribution is 2.34. The van der Waals surface area contributed by atoms with Crippen molar-refractivity contribution in [3.05, 3.63) is 136 Å². The number of nitrogens with zero attached hydrogens (tertiary/aromatic N) is 5. The first kappa shape index (κ1) is 43.6. The van der Waals surface area contributed by atoms with Gasteiger partial charge in [-0.1, -0.05) is 41.4 Å². The van der Waals surface area contributed by atoms with E-state index in [1.807, 2.05) is 0 Å². The molecular weight excluding hydrogens is 853 g/mol. The first-order valence-electron chi connectivity index (χ1n) is 16.1. The van der Waals surface area contributed by atoms with E-state index in [9.17, 15) is 48.7 Å². The van der Waals surface area contributed by atoms with E-state index in [4.69, 9.17) is 28.9 Å². The molecule has 0 fully saturated rings. The molecule has 0 atom stereocenters. The fourth-order valence-corrected chi connectivity index (χ4v) is 5.32. The molecule has 0 spiro atoms. The number of anilines is 2. The molecule has 0 aliphatic heterocycles. The molecule has 6 aromatic rings. The third-order valence-electron chi connectivity index (χ3n) is 7.10. The maximum Gasteiger partial charge on any atom is 0.573 e. The molecule has 0 saturated carbocycles. The molecule has 4 N–H and O–H groups in total. The Morgan fingerprint density at radius 1 is 0.729 bits per heavy atom. The van der Waals surface area contributed by atoms with Crippen molar-refractivity contribution >= 4 is 52.4 Å². The number of ether oxygens (including phenoxy) is 2. The van der Waals surface area contributed by atoms with Crippen LogP contribution < -0.4 is 25.8 Å². The molecule has 6 rings (SSSR count). The zero-order chi connectivity index (χ0) is 43.3. The molecule has 0 unspecified atom stereocenters. The summed E-state index contributed by atoms with van der Waals surface area (Å²) in [5, 5.41) is 12.6. The van der Waals surface area contributed by atoms with Gasteiger partial charge in [0.15, 0.2) is 11.5 Å². The summed E-state index contributed by atoms with van der Waals surface area (Å²) in [4.78, 5) is 16.9. The van der Waals surface area contributed by atoms with Crippen LogP contribution in [-0.2, 0) is 6.18 Å². The number of hydrogen-bond donors (Lipinski definition) is 3. The summed E-state index contributed by atoms with van der Waals surface area (Å²) in [6.45, 7) is 1.74. The molecule has 1 amide bonds. The fourth-order valence-electron chi connectivity index (χ4n) is 4.90. The predicted octanol–water partition coefficient (Wildman–Crippen LogP) is 10.4. The third kappa shape index (κ3) is 12.8.